The van der Waals surface area contributed by atoms with E-state index in [-0.39, 0.29) is 85.5 Å². The first-order chi connectivity index (χ1) is 43.6. The van der Waals surface area contributed by atoms with E-state index < -0.39 is 81.8 Å². The Morgan fingerprint density at radius 2 is 1.51 bits per heavy atom. The minimum Gasteiger partial charge on any atom is -0.493 e. The molecule has 3 aromatic carbocycles. The number of alkyl halides is 4. The Labute approximate surface area is 535 Å². The summed E-state index contributed by atoms with van der Waals surface area (Å²) in [7, 11) is 1.97. The molecular formula is C65H81F6N13O7S. The maximum absolute atomic E-state index is 16.3. The van der Waals surface area contributed by atoms with Crippen LogP contribution in [0.2, 0.25) is 0 Å². The van der Waals surface area contributed by atoms with Crippen LogP contribution < -0.4 is 30.5 Å². The number of aliphatic hydroxyl groups excluding tert-OH is 1. The average Bonchev–Trinajstić information content (AvgIpc) is 1.24. The van der Waals surface area contributed by atoms with Crippen LogP contribution in [0, 0.1) is 24.0 Å². The number of aliphatic hydroxyl groups is 1. The van der Waals surface area contributed by atoms with Gasteiger partial charge < -0.3 is 50.3 Å². The van der Waals surface area contributed by atoms with Gasteiger partial charge in [-0.2, -0.15) is 13.2 Å². The van der Waals surface area contributed by atoms with Gasteiger partial charge in [0, 0.05) is 126 Å². The molecule has 4 aliphatic heterocycles. The number of β-amino-alcohol motifs (C(OH)–C–C–N with tert-alkyl or cyclic N) is 1. The zero-order valence-corrected chi connectivity index (χ0v) is 53.7. The number of rotatable bonds is 20. The lowest BCUT2D eigenvalue weighted by Gasteiger charge is -2.44. The number of halogens is 6. The molecule has 496 valence electrons. The van der Waals surface area contributed by atoms with Crippen molar-refractivity contribution in [3.05, 3.63) is 100 Å². The highest BCUT2D eigenvalue weighted by Gasteiger charge is 2.53. The second kappa shape index (κ2) is 28.0. The molecule has 1 aliphatic carbocycles. The molecule has 5 amide bonds. The van der Waals surface area contributed by atoms with Gasteiger partial charge in [0.2, 0.25) is 23.7 Å². The number of piperazine rings is 3. The van der Waals surface area contributed by atoms with Gasteiger partial charge in [-0.15, -0.1) is 11.3 Å². The van der Waals surface area contributed by atoms with E-state index in [1.807, 2.05) is 60.7 Å². The van der Waals surface area contributed by atoms with Crippen molar-refractivity contribution in [1.29, 1.82) is 0 Å². The molecule has 0 radical (unpaired) electrons. The number of likely N-dealkylation sites (N-methyl/N-ethyl adjacent to an activating group) is 1. The molecule has 6 heterocycles. The number of thiazole rings is 1. The highest BCUT2D eigenvalue weighted by atomic mass is 32.1. The Kier molecular flexibility index (Phi) is 20.5. The van der Waals surface area contributed by atoms with Gasteiger partial charge in [0.25, 0.3) is 11.8 Å². The van der Waals surface area contributed by atoms with Crippen molar-refractivity contribution in [2.24, 2.45) is 5.41 Å². The molecule has 92 heavy (non-hydrogen) atoms. The topological polar surface area (TPSA) is 212 Å². The number of nitrogens with zero attached hydrogens (tertiary/aromatic N) is 10. The number of carbonyl (C=O) groups excluding carboxylic acids is 5. The number of ether oxygens (including phenoxy) is 1. The molecule has 5 atom stereocenters. The van der Waals surface area contributed by atoms with Gasteiger partial charge in [-0.25, -0.2) is 28.1 Å². The van der Waals surface area contributed by atoms with E-state index in [9.17, 15) is 51.0 Å². The van der Waals surface area contributed by atoms with Crippen molar-refractivity contribution < 1.29 is 60.2 Å². The van der Waals surface area contributed by atoms with Crippen LogP contribution in [0.5, 0.6) is 5.75 Å². The van der Waals surface area contributed by atoms with Gasteiger partial charge in [0.15, 0.2) is 5.67 Å². The number of benzene rings is 3. The van der Waals surface area contributed by atoms with Crippen LogP contribution in [0.3, 0.4) is 0 Å². The zero-order valence-electron chi connectivity index (χ0n) is 52.9. The summed E-state index contributed by atoms with van der Waals surface area (Å²) in [5.74, 6) is -3.89. The minimum atomic E-state index is -5.03. The second-order valence-corrected chi connectivity index (χ2v) is 26.9. The molecule has 2 aromatic heterocycles. The monoisotopic (exact) mass is 1300 g/mol. The smallest absolute Gasteiger partial charge is 0.417 e. The van der Waals surface area contributed by atoms with Crippen molar-refractivity contribution in [2.45, 2.75) is 122 Å². The van der Waals surface area contributed by atoms with Crippen LogP contribution >= 0.6 is 11.3 Å². The van der Waals surface area contributed by atoms with Crippen LogP contribution in [-0.4, -0.2) is 209 Å². The van der Waals surface area contributed by atoms with E-state index in [0.29, 0.717) is 63.1 Å². The van der Waals surface area contributed by atoms with E-state index in [4.69, 9.17) is 4.74 Å². The molecule has 4 N–H and O–H groups in total. The summed E-state index contributed by atoms with van der Waals surface area (Å²) in [6, 6.07) is 8.10. The van der Waals surface area contributed by atoms with Gasteiger partial charge >= 0.3 is 6.18 Å². The number of unbranched alkanes of at least 4 members (excludes halogenated alkanes) is 1. The third kappa shape index (κ3) is 15.8. The van der Waals surface area contributed by atoms with Crippen molar-refractivity contribution in [1.82, 2.24) is 50.1 Å². The number of carbonyl (C=O) groups is 5. The van der Waals surface area contributed by atoms with Gasteiger partial charge in [-0.05, 0) is 107 Å². The summed E-state index contributed by atoms with van der Waals surface area (Å²) in [6.45, 7) is 18.3. The summed E-state index contributed by atoms with van der Waals surface area (Å²) in [5.41, 5.74) is -0.186. The number of amides is 5. The lowest BCUT2D eigenvalue weighted by Crippen LogP contribution is -2.59. The van der Waals surface area contributed by atoms with E-state index in [0.717, 1.165) is 73.8 Å². The van der Waals surface area contributed by atoms with Gasteiger partial charge in [-0.3, -0.25) is 33.8 Å². The quantitative estimate of drug-likeness (QED) is 0.0442. The van der Waals surface area contributed by atoms with Gasteiger partial charge in [0.05, 0.1) is 57.8 Å². The maximum atomic E-state index is 16.3. The van der Waals surface area contributed by atoms with Crippen molar-refractivity contribution in [3.8, 4) is 27.3 Å². The van der Waals surface area contributed by atoms with E-state index in [1.54, 1.807) is 26.3 Å². The van der Waals surface area contributed by atoms with Crippen molar-refractivity contribution in [2.75, 3.05) is 114 Å². The van der Waals surface area contributed by atoms with Crippen LogP contribution in [0.1, 0.15) is 93.9 Å². The molecule has 4 saturated heterocycles. The first-order valence-corrected chi connectivity index (χ1v) is 32.2. The fraction of sp³-hybridized carbons (Fsp3) is 0.538. The third-order valence-corrected chi connectivity index (χ3v) is 19.2. The fourth-order valence-corrected chi connectivity index (χ4v) is 13.1. The van der Waals surface area contributed by atoms with Gasteiger partial charge in [-0.1, -0.05) is 32.9 Å². The standard InChI is InChI=1S/C65H81F6N13O7S/c1-39-34-83(35-40(2)78(39)7)52-30-50(67)48(29-51(52)76-58(87)47-13-12-45(66)27-49(47)65(69,70)71)44-32-73-62(74-33-44)82-23-21-81(22-24-82)55(86)37-80-19-17-79(18-20-80)16-8-9-25-91-54-26-42(56-41(3)75-38-92-56)10-11-43(54)31-72-59(88)53-28-46(85)36-84(53)60(89)57(63(4,5)6)77-61(90)64(68)14-15-64/h10-13,26-27,29-30,32-33,38-40,46,53,57,85H,8-9,14-25,28,31,34-37H2,1-7H3,(H,72,88)(H,76,87)(H,77,90)/t39-,40+,46-,53+,57-/m1/s1. The lowest BCUT2D eigenvalue weighted by atomic mass is 9.85. The number of aryl methyl sites for hydroxylation is 1. The van der Waals surface area contributed by atoms with Crippen LogP contribution in [0.15, 0.2) is 66.4 Å². The summed E-state index contributed by atoms with van der Waals surface area (Å²) >= 11 is 1.51. The largest absolute Gasteiger partial charge is 0.493 e. The Hall–Kier alpha value is -7.46. The molecule has 5 fully saturated rings. The number of likely N-dealkylation sites (tertiary alicyclic amines) is 1. The summed E-state index contributed by atoms with van der Waals surface area (Å²) in [6.07, 6.45) is -1.35. The molecule has 0 spiro atoms. The first kappa shape index (κ1) is 67.4. The van der Waals surface area contributed by atoms with Crippen molar-refractivity contribution in [3.63, 3.8) is 0 Å². The molecule has 1 saturated carbocycles. The van der Waals surface area contributed by atoms with Crippen LogP contribution in [0.25, 0.3) is 21.6 Å². The average molecular weight is 1300 g/mol. The SMILES string of the molecule is Cc1ncsc1-c1ccc(CNC(=O)[C@@H]2C[C@@H](O)CN2C(=O)[C@@H](NC(=O)C2(F)CC2)C(C)(C)C)c(OCCCCN2CCN(CC(=O)N3CCN(c4ncc(-c5cc(NC(=O)c6ccc(F)cc6C(F)(F)F)c(N6C[C@@H](C)N(C)[C@@H](C)C6)cc5F)cn4)CC3)CC2)c1. The number of hydrogen-bond acceptors (Lipinski definition) is 16. The second-order valence-electron chi connectivity index (χ2n) is 26.0. The molecule has 0 bridgehead atoms. The predicted molar refractivity (Wildman–Crippen MR) is 337 cm³/mol. The summed E-state index contributed by atoms with van der Waals surface area (Å²) in [4.78, 5) is 96.0. The highest BCUT2D eigenvalue weighted by Crippen LogP contribution is 2.42. The van der Waals surface area contributed by atoms with Crippen LogP contribution in [-0.2, 0) is 31.9 Å². The maximum Gasteiger partial charge on any atom is 0.417 e. The Bertz CT molecular complexity index is 3490. The molecule has 0 unspecified atom stereocenters. The highest BCUT2D eigenvalue weighted by molar-refractivity contribution is 7.13. The van der Waals surface area contributed by atoms with Crippen molar-refractivity contribution >= 4 is 58.2 Å². The zero-order chi connectivity index (χ0) is 66.0. The molecular weight excluding hydrogens is 1220 g/mol. The number of nitrogens with one attached hydrogen (secondary N) is 3. The number of aromatic nitrogens is 3. The van der Waals surface area contributed by atoms with Gasteiger partial charge in [0.1, 0.15) is 29.5 Å². The molecule has 27 heteroatoms. The van der Waals surface area contributed by atoms with Crippen LogP contribution in [0.4, 0.5) is 43.7 Å². The minimum absolute atomic E-state index is 0.0000811. The third-order valence-electron chi connectivity index (χ3n) is 18.3. The first-order valence-electron chi connectivity index (χ1n) is 31.3. The normalized spacial score (nSPS) is 21.1. The number of hydrogen-bond donors (Lipinski definition) is 4. The Morgan fingerprint density at radius 1 is 0.826 bits per heavy atom. The Morgan fingerprint density at radius 3 is 2.15 bits per heavy atom. The summed E-state index contributed by atoms with van der Waals surface area (Å²) in [5, 5.41) is 18.8. The molecule has 5 aromatic rings. The lowest BCUT2D eigenvalue weighted by molar-refractivity contribution is -0.145. The van der Waals surface area contributed by atoms with E-state index in [2.05, 4.69) is 45.6 Å². The summed E-state index contributed by atoms with van der Waals surface area (Å²) < 4.78 is 93.6. The molecule has 10 rings (SSSR count). The molecule has 20 nitrogen and oxygen atoms in total. The predicted octanol–water partition coefficient (Wildman–Crippen LogP) is 7.39. The Balaban J connectivity index is 0.684. The molecule has 5 aliphatic rings. The number of anilines is 3. The van der Waals surface area contributed by atoms with E-state index in [1.165, 1.54) is 40.8 Å². The fourth-order valence-electron chi connectivity index (χ4n) is 12.3. The van der Waals surface area contributed by atoms with E-state index >= 15 is 4.39 Å².